The van der Waals surface area contributed by atoms with Gasteiger partial charge in [0.25, 0.3) is 0 Å². The minimum absolute atomic E-state index is 0.211. The van der Waals surface area contributed by atoms with E-state index in [-0.39, 0.29) is 6.04 Å². The maximum Gasteiger partial charge on any atom is 0.144 e. The number of halogens is 1. The predicted octanol–water partition coefficient (Wildman–Crippen LogP) is 3.34. The number of methoxy groups -OCH3 is 1. The van der Waals surface area contributed by atoms with Gasteiger partial charge in [0, 0.05) is 17.1 Å². The molecule has 0 amide bonds. The number of nitrogens with one attached hydrogen (secondary N) is 1. The number of anilines is 1. The highest BCUT2D eigenvalue weighted by molar-refractivity contribution is 6.31. The topological polar surface area (TPSA) is 47.3 Å². The number of hydrogen-bond donors (Lipinski definition) is 2. The van der Waals surface area contributed by atoms with Crippen molar-refractivity contribution in [3.8, 4) is 5.75 Å². The van der Waals surface area contributed by atoms with Gasteiger partial charge in [-0.2, -0.15) is 0 Å². The Morgan fingerprint density at radius 1 is 1.33 bits per heavy atom. The van der Waals surface area contributed by atoms with Crippen molar-refractivity contribution in [3.63, 3.8) is 0 Å². The van der Waals surface area contributed by atoms with Crippen molar-refractivity contribution in [1.82, 2.24) is 0 Å². The molecule has 1 aliphatic carbocycles. The van der Waals surface area contributed by atoms with Crippen LogP contribution in [0.1, 0.15) is 31.2 Å². The summed E-state index contributed by atoms with van der Waals surface area (Å²) in [6, 6.07) is 4.34. The fourth-order valence-electron chi connectivity index (χ4n) is 2.65. The number of hydrogen-bond acceptors (Lipinski definition) is 3. The van der Waals surface area contributed by atoms with E-state index in [0.29, 0.717) is 6.04 Å². The molecule has 0 heterocycles. The molecular weight excluding hydrogens is 248 g/mol. The van der Waals surface area contributed by atoms with E-state index in [4.69, 9.17) is 22.1 Å². The quantitative estimate of drug-likeness (QED) is 0.884. The second kappa shape index (κ2) is 5.81. The van der Waals surface area contributed by atoms with Gasteiger partial charge in [0.15, 0.2) is 0 Å². The van der Waals surface area contributed by atoms with Crippen molar-refractivity contribution in [2.75, 3.05) is 12.4 Å². The van der Waals surface area contributed by atoms with Crippen LogP contribution in [-0.2, 0) is 0 Å². The van der Waals surface area contributed by atoms with Crippen molar-refractivity contribution in [3.05, 3.63) is 22.7 Å². The van der Waals surface area contributed by atoms with E-state index >= 15 is 0 Å². The molecule has 0 radical (unpaired) electrons. The Hall–Kier alpha value is -0.930. The predicted molar refractivity (Wildman–Crippen MR) is 76.6 cm³/mol. The highest BCUT2D eigenvalue weighted by atomic mass is 35.5. The SMILES string of the molecule is COc1c(C)cc(Cl)cc1NC1CCCCC1N. The van der Waals surface area contributed by atoms with Gasteiger partial charge in [0.1, 0.15) is 5.75 Å². The van der Waals surface area contributed by atoms with Crippen molar-refractivity contribution < 1.29 is 4.74 Å². The minimum atomic E-state index is 0.211. The summed E-state index contributed by atoms with van der Waals surface area (Å²) >= 11 is 6.11. The van der Waals surface area contributed by atoms with Crippen LogP contribution in [0.5, 0.6) is 5.75 Å². The molecule has 0 saturated heterocycles. The number of nitrogens with two attached hydrogens (primary N) is 1. The second-order valence-electron chi connectivity index (χ2n) is 5.00. The number of ether oxygens (including phenoxy) is 1. The first-order chi connectivity index (χ1) is 8.61. The number of benzene rings is 1. The highest BCUT2D eigenvalue weighted by Gasteiger charge is 2.23. The summed E-state index contributed by atoms with van der Waals surface area (Å²) in [7, 11) is 1.68. The molecule has 1 fully saturated rings. The van der Waals surface area contributed by atoms with Crippen LogP contribution in [0.15, 0.2) is 12.1 Å². The minimum Gasteiger partial charge on any atom is -0.494 e. The zero-order valence-corrected chi connectivity index (χ0v) is 11.8. The van der Waals surface area contributed by atoms with Crippen LogP contribution in [0.4, 0.5) is 5.69 Å². The third-order valence-corrected chi connectivity index (χ3v) is 3.82. The Morgan fingerprint density at radius 3 is 2.72 bits per heavy atom. The van der Waals surface area contributed by atoms with Gasteiger partial charge in [-0.1, -0.05) is 24.4 Å². The van der Waals surface area contributed by atoms with Gasteiger partial charge in [0.05, 0.1) is 12.8 Å². The van der Waals surface area contributed by atoms with Crippen molar-refractivity contribution >= 4 is 17.3 Å². The van der Waals surface area contributed by atoms with Crippen LogP contribution in [0, 0.1) is 6.92 Å². The van der Waals surface area contributed by atoms with Gasteiger partial charge in [0.2, 0.25) is 0 Å². The van der Waals surface area contributed by atoms with Crippen LogP contribution >= 0.6 is 11.6 Å². The molecule has 2 unspecified atom stereocenters. The third kappa shape index (κ3) is 2.90. The highest BCUT2D eigenvalue weighted by Crippen LogP contribution is 2.34. The van der Waals surface area contributed by atoms with Crippen molar-refractivity contribution in [2.45, 2.75) is 44.7 Å². The molecule has 1 aromatic rings. The first-order valence-electron chi connectivity index (χ1n) is 6.48. The fraction of sp³-hybridized carbons (Fsp3) is 0.571. The zero-order chi connectivity index (χ0) is 13.1. The van der Waals surface area contributed by atoms with Crippen LogP contribution < -0.4 is 15.8 Å². The molecule has 1 saturated carbocycles. The van der Waals surface area contributed by atoms with Gasteiger partial charge in [-0.05, 0) is 37.5 Å². The molecule has 1 aliphatic rings. The maximum atomic E-state index is 6.16. The Bertz CT molecular complexity index is 423. The largest absolute Gasteiger partial charge is 0.494 e. The van der Waals surface area contributed by atoms with E-state index in [2.05, 4.69) is 5.32 Å². The Morgan fingerprint density at radius 2 is 2.06 bits per heavy atom. The van der Waals surface area contributed by atoms with Crippen LogP contribution in [0.25, 0.3) is 0 Å². The second-order valence-corrected chi connectivity index (χ2v) is 5.44. The first-order valence-corrected chi connectivity index (χ1v) is 6.86. The average Bonchev–Trinajstić information content (AvgIpc) is 2.31. The summed E-state index contributed by atoms with van der Waals surface area (Å²) < 4.78 is 5.45. The Kier molecular flexibility index (Phi) is 4.36. The van der Waals surface area contributed by atoms with Crippen molar-refractivity contribution in [2.24, 2.45) is 5.73 Å². The van der Waals surface area contributed by atoms with Gasteiger partial charge in [-0.15, -0.1) is 0 Å². The smallest absolute Gasteiger partial charge is 0.144 e. The summed E-state index contributed by atoms with van der Waals surface area (Å²) in [6.45, 7) is 2.00. The molecule has 2 rings (SSSR count). The molecule has 2 atom stereocenters. The lowest BCUT2D eigenvalue weighted by atomic mass is 9.91. The maximum absolute atomic E-state index is 6.16. The summed E-state index contributed by atoms with van der Waals surface area (Å²) in [5.41, 5.74) is 8.15. The van der Waals surface area contributed by atoms with E-state index < -0.39 is 0 Å². The molecule has 18 heavy (non-hydrogen) atoms. The number of rotatable bonds is 3. The summed E-state index contributed by atoms with van der Waals surface area (Å²) in [5, 5.41) is 4.22. The van der Waals surface area contributed by atoms with E-state index in [9.17, 15) is 0 Å². The fourth-order valence-corrected chi connectivity index (χ4v) is 2.92. The molecule has 100 valence electrons. The van der Waals surface area contributed by atoms with E-state index in [1.54, 1.807) is 7.11 Å². The molecule has 0 aromatic heterocycles. The summed E-state index contributed by atoms with van der Waals surface area (Å²) in [5.74, 6) is 0.858. The molecule has 1 aromatic carbocycles. The summed E-state index contributed by atoms with van der Waals surface area (Å²) in [6.07, 6.45) is 4.65. The van der Waals surface area contributed by atoms with Crippen LogP contribution in [0.3, 0.4) is 0 Å². The van der Waals surface area contributed by atoms with Gasteiger partial charge in [-0.25, -0.2) is 0 Å². The molecule has 4 heteroatoms. The van der Waals surface area contributed by atoms with E-state index in [0.717, 1.165) is 34.9 Å². The molecule has 0 bridgehead atoms. The molecule has 0 spiro atoms. The molecule has 3 N–H and O–H groups in total. The Balaban J connectivity index is 2.22. The van der Waals surface area contributed by atoms with Crippen LogP contribution in [0.2, 0.25) is 5.02 Å². The molecule has 0 aliphatic heterocycles. The number of aryl methyl sites for hydroxylation is 1. The molecular formula is C14H21ClN2O. The van der Waals surface area contributed by atoms with Crippen molar-refractivity contribution in [1.29, 1.82) is 0 Å². The van der Waals surface area contributed by atoms with Gasteiger partial charge < -0.3 is 15.8 Å². The third-order valence-electron chi connectivity index (χ3n) is 3.60. The molecule has 3 nitrogen and oxygen atoms in total. The zero-order valence-electron chi connectivity index (χ0n) is 11.0. The van der Waals surface area contributed by atoms with E-state index in [1.807, 2.05) is 19.1 Å². The lowest BCUT2D eigenvalue weighted by Crippen LogP contribution is -2.42. The normalized spacial score (nSPS) is 23.8. The van der Waals surface area contributed by atoms with Gasteiger partial charge in [-0.3, -0.25) is 0 Å². The Labute approximate surface area is 114 Å². The lowest BCUT2D eigenvalue weighted by molar-refractivity contribution is 0.395. The van der Waals surface area contributed by atoms with Gasteiger partial charge >= 0.3 is 0 Å². The average molecular weight is 269 g/mol. The monoisotopic (exact) mass is 268 g/mol. The van der Waals surface area contributed by atoms with Crippen LogP contribution in [-0.4, -0.2) is 19.2 Å². The standard InChI is InChI=1S/C14H21ClN2O/c1-9-7-10(15)8-13(14(9)18-2)17-12-6-4-3-5-11(12)16/h7-8,11-12,17H,3-6,16H2,1-2H3. The first kappa shape index (κ1) is 13.5. The lowest BCUT2D eigenvalue weighted by Gasteiger charge is -2.31. The van der Waals surface area contributed by atoms with E-state index in [1.165, 1.54) is 12.8 Å². The summed E-state index contributed by atoms with van der Waals surface area (Å²) in [4.78, 5) is 0.